The highest BCUT2D eigenvalue weighted by Gasteiger charge is 2.18. The first-order valence-corrected chi connectivity index (χ1v) is 16.8. The van der Waals surface area contributed by atoms with Gasteiger partial charge >= 0.3 is 0 Å². The Bertz CT molecular complexity index is 1040. The Morgan fingerprint density at radius 3 is 1.69 bits per heavy atom. The summed E-state index contributed by atoms with van der Waals surface area (Å²) in [6.45, 7) is 9.18. The lowest BCUT2D eigenvalue weighted by Crippen LogP contribution is -1.87. The van der Waals surface area contributed by atoms with Gasteiger partial charge in [-0.15, -0.1) is 34.0 Å². The van der Waals surface area contributed by atoms with Crippen molar-refractivity contribution in [1.29, 1.82) is 0 Å². The van der Waals surface area contributed by atoms with Crippen molar-refractivity contribution in [3.05, 3.63) is 45.1 Å². The molecule has 3 aromatic heterocycles. The van der Waals surface area contributed by atoms with Gasteiger partial charge in [-0.25, -0.2) is 0 Å². The fourth-order valence-electron chi connectivity index (χ4n) is 4.80. The van der Waals surface area contributed by atoms with Crippen LogP contribution in [0, 0.1) is 0 Å². The van der Waals surface area contributed by atoms with Crippen molar-refractivity contribution in [3.8, 4) is 19.5 Å². The first-order valence-electron chi connectivity index (χ1n) is 14.4. The molecule has 3 aromatic rings. The van der Waals surface area contributed by atoms with Crippen LogP contribution in [0.25, 0.3) is 19.5 Å². The second kappa shape index (κ2) is 15.9. The number of carbonyl (C=O) groups is 1. The molecule has 1 nitrogen and oxygen atoms in total. The topological polar surface area (TPSA) is 17.1 Å². The molecule has 3 rings (SSSR count). The molecule has 0 saturated heterocycles. The van der Waals surface area contributed by atoms with E-state index in [4.69, 9.17) is 0 Å². The number of hydrogen-bond donors (Lipinski definition) is 0. The zero-order valence-corrected chi connectivity index (χ0v) is 25.4. The standard InChI is InChI=1S/C32H46OS3/c1-5-7-9-11-13-15-17-25-21-27(23-33)34-31(25)28-19-20-29(35-28)32-26(22-30(36-32)24(3)4)18-16-14-12-10-8-6-2/h19-24H,5-18H2,1-4H3. The van der Waals surface area contributed by atoms with Crippen LogP contribution in [-0.4, -0.2) is 6.29 Å². The molecule has 0 atom stereocenters. The maximum absolute atomic E-state index is 11.6. The summed E-state index contributed by atoms with van der Waals surface area (Å²) in [6.07, 6.45) is 19.2. The van der Waals surface area contributed by atoms with E-state index in [1.807, 2.05) is 22.7 Å². The summed E-state index contributed by atoms with van der Waals surface area (Å²) in [4.78, 5) is 19.5. The molecule has 0 saturated carbocycles. The van der Waals surface area contributed by atoms with Crippen molar-refractivity contribution >= 4 is 40.3 Å². The molecular weight excluding hydrogens is 497 g/mol. The predicted molar refractivity (Wildman–Crippen MR) is 165 cm³/mol. The van der Waals surface area contributed by atoms with E-state index in [-0.39, 0.29) is 0 Å². The average molecular weight is 543 g/mol. The van der Waals surface area contributed by atoms with E-state index in [0.29, 0.717) is 5.92 Å². The lowest BCUT2D eigenvalue weighted by atomic mass is 10.0. The summed E-state index contributed by atoms with van der Waals surface area (Å²) in [5.41, 5.74) is 2.91. The predicted octanol–water partition coefficient (Wildman–Crippen LogP) is 11.9. The van der Waals surface area contributed by atoms with Crippen LogP contribution in [0.15, 0.2) is 24.3 Å². The largest absolute Gasteiger partial charge is 0.297 e. The molecule has 0 aromatic carbocycles. The molecule has 198 valence electrons. The fraction of sp³-hybridized carbons (Fsp3) is 0.594. The molecule has 0 fully saturated rings. The molecule has 3 heterocycles. The zero-order chi connectivity index (χ0) is 25.8. The number of aldehydes is 1. The average Bonchev–Trinajstić information content (AvgIpc) is 3.61. The van der Waals surface area contributed by atoms with E-state index in [0.717, 1.165) is 17.6 Å². The number of thiophene rings is 3. The smallest absolute Gasteiger partial charge is 0.160 e. The van der Waals surface area contributed by atoms with Crippen molar-refractivity contribution < 1.29 is 4.79 Å². The Kier molecular flexibility index (Phi) is 12.9. The van der Waals surface area contributed by atoms with Crippen molar-refractivity contribution in [2.45, 2.75) is 124 Å². The summed E-state index contributed by atoms with van der Waals surface area (Å²) in [5, 5.41) is 0. The van der Waals surface area contributed by atoms with Crippen molar-refractivity contribution in [1.82, 2.24) is 0 Å². The summed E-state index contributed by atoms with van der Waals surface area (Å²) in [6, 6.07) is 9.25. The minimum atomic E-state index is 0.572. The van der Waals surface area contributed by atoms with Gasteiger partial charge < -0.3 is 0 Å². The monoisotopic (exact) mass is 542 g/mol. The number of aryl methyl sites for hydroxylation is 2. The highest BCUT2D eigenvalue weighted by atomic mass is 32.1. The summed E-state index contributed by atoms with van der Waals surface area (Å²) < 4.78 is 0. The van der Waals surface area contributed by atoms with Crippen molar-refractivity contribution in [2.24, 2.45) is 0 Å². The molecular formula is C32H46OS3. The molecule has 0 bridgehead atoms. The van der Waals surface area contributed by atoms with Crippen LogP contribution in [-0.2, 0) is 12.8 Å². The maximum Gasteiger partial charge on any atom is 0.160 e. The van der Waals surface area contributed by atoms with E-state index in [9.17, 15) is 4.79 Å². The Labute approximate surface area is 232 Å². The number of rotatable bonds is 18. The third kappa shape index (κ3) is 8.67. The normalized spacial score (nSPS) is 11.6. The van der Waals surface area contributed by atoms with E-state index >= 15 is 0 Å². The second-order valence-electron chi connectivity index (χ2n) is 10.5. The van der Waals surface area contributed by atoms with Gasteiger partial charge in [-0.1, -0.05) is 91.9 Å². The molecule has 4 heteroatoms. The van der Waals surface area contributed by atoms with Crippen LogP contribution in [0.5, 0.6) is 0 Å². The first kappa shape index (κ1) is 29.3. The molecule has 0 aliphatic heterocycles. The molecule has 0 unspecified atom stereocenters. The van der Waals surface area contributed by atoms with Gasteiger partial charge in [-0.3, -0.25) is 4.79 Å². The molecule has 0 radical (unpaired) electrons. The minimum absolute atomic E-state index is 0.572. The van der Waals surface area contributed by atoms with Gasteiger partial charge in [0.05, 0.1) is 4.88 Å². The van der Waals surface area contributed by atoms with E-state index in [1.165, 1.54) is 113 Å². The summed E-state index contributed by atoms with van der Waals surface area (Å²) in [7, 11) is 0. The summed E-state index contributed by atoms with van der Waals surface area (Å²) >= 11 is 5.59. The highest BCUT2D eigenvalue weighted by molar-refractivity contribution is 7.27. The third-order valence-corrected chi connectivity index (χ3v) is 11.0. The van der Waals surface area contributed by atoms with Crippen LogP contribution in [0.4, 0.5) is 0 Å². The Morgan fingerprint density at radius 1 is 0.667 bits per heavy atom. The second-order valence-corrected chi connectivity index (χ2v) is 13.7. The van der Waals surface area contributed by atoms with Crippen molar-refractivity contribution in [2.75, 3.05) is 0 Å². The molecule has 0 spiro atoms. The van der Waals surface area contributed by atoms with Gasteiger partial charge in [-0.05, 0) is 67.0 Å². The molecule has 0 amide bonds. The lowest BCUT2D eigenvalue weighted by Gasteiger charge is -2.04. The van der Waals surface area contributed by atoms with Crippen LogP contribution in [0.3, 0.4) is 0 Å². The van der Waals surface area contributed by atoms with Crippen LogP contribution in [0.1, 0.15) is 136 Å². The van der Waals surface area contributed by atoms with Crippen LogP contribution in [0.2, 0.25) is 0 Å². The SMILES string of the molecule is CCCCCCCCc1cc(C=O)sc1-c1ccc(-c2sc(C(C)C)cc2CCCCCCCC)s1. The van der Waals surface area contributed by atoms with Gasteiger partial charge in [0.25, 0.3) is 0 Å². The van der Waals surface area contributed by atoms with Gasteiger partial charge in [0.1, 0.15) is 0 Å². The first-order chi connectivity index (χ1) is 17.6. The van der Waals surface area contributed by atoms with Gasteiger partial charge in [0.15, 0.2) is 6.29 Å². The number of carbonyl (C=O) groups excluding carboxylic acids is 1. The summed E-state index contributed by atoms with van der Waals surface area (Å²) in [5.74, 6) is 0.572. The molecule has 0 aliphatic carbocycles. The number of unbranched alkanes of at least 4 members (excludes halogenated alkanes) is 10. The maximum atomic E-state index is 11.6. The molecule has 36 heavy (non-hydrogen) atoms. The Hall–Kier alpha value is -1.23. The molecule has 0 N–H and O–H groups in total. The van der Waals surface area contributed by atoms with Gasteiger partial charge in [0, 0.05) is 24.4 Å². The van der Waals surface area contributed by atoms with Crippen LogP contribution >= 0.6 is 34.0 Å². The fourth-order valence-corrected chi connectivity index (χ4v) is 8.34. The highest BCUT2D eigenvalue weighted by Crippen LogP contribution is 2.44. The quantitative estimate of drug-likeness (QED) is 0.115. The van der Waals surface area contributed by atoms with Crippen LogP contribution < -0.4 is 0 Å². The van der Waals surface area contributed by atoms with Gasteiger partial charge in [-0.2, -0.15) is 0 Å². The van der Waals surface area contributed by atoms with Gasteiger partial charge in [0.2, 0.25) is 0 Å². The lowest BCUT2D eigenvalue weighted by molar-refractivity contribution is 0.112. The number of hydrogen-bond acceptors (Lipinski definition) is 4. The van der Waals surface area contributed by atoms with E-state index in [1.54, 1.807) is 16.9 Å². The Balaban J connectivity index is 1.73. The zero-order valence-electron chi connectivity index (χ0n) is 23.0. The molecule has 0 aliphatic rings. The minimum Gasteiger partial charge on any atom is -0.297 e. The van der Waals surface area contributed by atoms with E-state index in [2.05, 4.69) is 52.0 Å². The Morgan fingerprint density at radius 2 is 1.17 bits per heavy atom. The third-order valence-electron chi connectivity index (χ3n) is 6.99. The van der Waals surface area contributed by atoms with Crippen molar-refractivity contribution in [3.63, 3.8) is 0 Å². The van der Waals surface area contributed by atoms with E-state index < -0.39 is 0 Å².